The topological polar surface area (TPSA) is 26.0 Å². The van der Waals surface area contributed by atoms with Gasteiger partial charge in [-0.2, -0.15) is 0 Å². The summed E-state index contributed by atoms with van der Waals surface area (Å²) in [4.78, 5) is 0. The first-order valence-electron chi connectivity index (χ1n) is 6.73. The van der Waals surface area contributed by atoms with Crippen LogP contribution in [-0.4, -0.2) is 6.54 Å². The first kappa shape index (κ1) is 14.5. The number of halogens is 1. The first-order valence-corrected chi connectivity index (χ1v) is 7.11. The molecule has 1 unspecified atom stereocenters. The van der Waals surface area contributed by atoms with E-state index in [0.29, 0.717) is 5.92 Å². The second-order valence-corrected chi connectivity index (χ2v) is 5.12. The number of benzene rings is 1. The first-order chi connectivity index (χ1) is 8.27. The van der Waals surface area contributed by atoms with Crippen molar-refractivity contribution in [1.29, 1.82) is 0 Å². The number of hydrogen-bond acceptors (Lipinski definition) is 1. The molecule has 0 aromatic heterocycles. The molecule has 17 heavy (non-hydrogen) atoms. The molecule has 0 aliphatic heterocycles. The molecule has 0 saturated heterocycles. The SMILES string of the molecule is CCCCCCCC(CN)c1ccc(Cl)cc1. The van der Waals surface area contributed by atoms with E-state index in [0.717, 1.165) is 11.6 Å². The summed E-state index contributed by atoms with van der Waals surface area (Å²) in [5, 5.41) is 0.799. The van der Waals surface area contributed by atoms with Crippen molar-refractivity contribution in [1.82, 2.24) is 0 Å². The van der Waals surface area contributed by atoms with Crippen molar-refractivity contribution in [2.45, 2.75) is 51.4 Å². The maximum absolute atomic E-state index is 5.89. The Hall–Kier alpha value is -0.530. The highest BCUT2D eigenvalue weighted by atomic mass is 35.5. The molecule has 0 spiro atoms. The van der Waals surface area contributed by atoms with Crippen LogP contribution in [0.2, 0.25) is 5.02 Å². The molecule has 0 bridgehead atoms. The van der Waals surface area contributed by atoms with Crippen LogP contribution in [0.25, 0.3) is 0 Å². The maximum atomic E-state index is 5.89. The summed E-state index contributed by atoms with van der Waals surface area (Å²) >= 11 is 5.89. The number of nitrogens with two attached hydrogens (primary N) is 1. The monoisotopic (exact) mass is 253 g/mol. The summed E-state index contributed by atoms with van der Waals surface area (Å²) in [7, 11) is 0. The average molecular weight is 254 g/mol. The Kier molecular flexibility index (Phi) is 7.30. The van der Waals surface area contributed by atoms with E-state index in [-0.39, 0.29) is 0 Å². The Morgan fingerprint density at radius 1 is 1.06 bits per heavy atom. The normalized spacial score (nSPS) is 12.6. The second-order valence-electron chi connectivity index (χ2n) is 4.69. The molecule has 1 nitrogen and oxygen atoms in total. The van der Waals surface area contributed by atoms with Crippen molar-refractivity contribution < 1.29 is 0 Å². The Bertz CT molecular complexity index is 294. The molecular formula is C15H24ClN. The molecule has 1 aromatic carbocycles. The fourth-order valence-corrected chi connectivity index (χ4v) is 2.28. The van der Waals surface area contributed by atoms with Crippen molar-refractivity contribution in [3.05, 3.63) is 34.9 Å². The van der Waals surface area contributed by atoms with Gasteiger partial charge < -0.3 is 5.73 Å². The zero-order chi connectivity index (χ0) is 12.5. The van der Waals surface area contributed by atoms with E-state index in [1.54, 1.807) is 0 Å². The molecule has 1 rings (SSSR count). The molecule has 0 amide bonds. The van der Waals surface area contributed by atoms with Gasteiger partial charge in [-0.1, -0.05) is 62.8 Å². The van der Waals surface area contributed by atoms with Crippen LogP contribution in [-0.2, 0) is 0 Å². The Morgan fingerprint density at radius 3 is 2.29 bits per heavy atom. The predicted octanol–water partition coefficient (Wildman–Crippen LogP) is 4.74. The third-order valence-corrected chi connectivity index (χ3v) is 3.53. The van der Waals surface area contributed by atoms with E-state index in [1.807, 2.05) is 12.1 Å². The lowest BCUT2D eigenvalue weighted by Crippen LogP contribution is -2.12. The van der Waals surface area contributed by atoms with Crippen LogP contribution in [0.1, 0.15) is 56.9 Å². The number of hydrogen-bond donors (Lipinski definition) is 1. The van der Waals surface area contributed by atoms with Gasteiger partial charge in [0, 0.05) is 5.02 Å². The van der Waals surface area contributed by atoms with Crippen LogP contribution in [0.5, 0.6) is 0 Å². The molecule has 0 heterocycles. The Labute approximate surface area is 110 Å². The van der Waals surface area contributed by atoms with E-state index >= 15 is 0 Å². The molecule has 0 aliphatic rings. The van der Waals surface area contributed by atoms with Gasteiger partial charge >= 0.3 is 0 Å². The minimum atomic E-state index is 0.494. The van der Waals surface area contributed by atoms with Crippen LogP contribution >= 0.6 is 11.6 Å². The van der Waals surface area contributed by atoms with Gasteiger partial charge in [0.25, 0.3) is 0 Å². The van der Waals surface area contributed by atoms with Crippen LogP contribution in [0.3, 0.4) is 0 Å². The quantitative estimate of drug-likeness (QED) is 0.665. The maximum Gasteiger partial charge on any atom is 0.0406 e. The smallest absolute Gasteiger partial charge is 0.0406 e. The zero-order valence-electron chi connectivity index (χ0n) is 10.8. The molecule has 0 radical (unpaired) electrons. The molecule has 2 N–H and O–H groups in total. The highest BCUT2D eigenvalue weighted by Gasteiger charge is 2.08. The van der Waals surface area contributed by atoms with Gasteiger partial charge in [0.2, 0.25) is 0 Å². The summed E-state index contributed by atoms with van der Waals surface area (Å²) in [6.07, 6.45) is 7.82. The van der Waals surface area contributed by atoms with Crippen LogP contribution in [0.15, 0.2) is 24.3 Å². The molecule has 1 aromatic rings. The van der Waals surface area contributed by atoms with Crippen LogP contribution < -0.4 is 5.73 Å². The summed E-state index contributed by atoms with van der Waals surface area (Å²) in [5.41, 5.74) is 7.18. The molecular weight excluding hydrogens is 230 g/mol. The minimum absolute atomic E-state index is 0.494. The van der Waals surface area contributed by atoms with Crippen molar-refractivity contribution in [3.63, 3.8) is 0 Å². The van der Waals surface area contributed by atoms with Gasteiger partial charge in [-0.15, -0.1) is 0 Å². The lowest BCUT2D eigenvalue weighted by atomic mass is 9.93. The summed E-state index contributed by atoms with van der Waals surface area (Å²) in [6.45, 7) is 2.98. The number of unbranched alkanes of at least 4 members (excludes halogenated alkanes) is 4. The van der Waals surface area contributed by atoms with E-state index < -0.39 is 0 Å². The van der Waals surface area contributed by atoms with E-state index in [9.17, 15) is 0 Å². The lowest BCUT2D eigenvalue weighted by molar-refractivity contribution is 0.549. The molecule has 0 saturated carbocycles. The minimum Gasteiger partial charge on any atom is -0.330 e. The molecule has 0 fully saturated rings. The fourth-order valence-electron chi connectivity index (χ4n) is 2.15. The van der Waals surface area contributed by atoms with Crippen molar-refractivity contribution in [3.8, 4) is 0 Å². The highest BCUT2D eigenvalue weighted by molar-refractivity contribution is 6.30. The van der Waals surface area contributed by atoms with Gasteiger partial charge in [-0.25, -0.2) is 0 Å². The van der Waals surface area contributed by atoms with Gasteiger partial charge in [-0.3, -0.25) is 0 Å². The van der Waals surface area contributed by atoms with E-state index in [4.69, 9.17) is 17.3 Å². The van der Waals surface area contributed by atoms with Gasteiger partial charge in [-0.05, 0) is 36.6 Å². The van der Waals surface area contributed by atoms with Gasteiger partial charge in [0.15, 0.2) is 0 Å². The highest BCUT2D eigenvalue weighted by Crippen LogP contribution is 2.23. The summed E-state index contributed by atoms with van der Waals surface area (Å²) in [5.74, 6) is 0.494. The summed E-state index contributed by atoms with van der Waals surface area (Å²) < 4.78 is 0. The van der Waals surface area contributed by atoms with E-state index in [1.165, 1.54) is 44.1 Å². The molecule has 2 heteroatoms. The van der Waals surface area contributed by atoms with Crippen molar-refractivity contribution >= 4 is 11.6 Å². The van der Waals surface area contributed by atoms with Crippen LogP contribution in [0, 0.1) is 0 Å². The largest absolute Gasteiger partial charge is 0.330 e. The lowest BCUT2D eigenvalue weighted by Gasteiger charge is -2.15. The third-order valence-electron chi connectivity index (χ3n) is 3.28. The van der Waals surface area contributed by atoms with Crippen molar-refractivity contribution in [2.75, 3.05) is 6.54 Å². The Balaban J connectivity index is 2.35. The molecule has 1 atom stereocenters. The van der Waals surface area contributed by atoms with Gasteiger partial charge in [0.05, 0.1) is 0 Å². The second kappa shape index (κ2) is 8.54. The number of rotatable bonds is 8. The molecule has 96 valence electrons. The Morgan fingerprint density at radius 2 is 1.71 bits per heavy atom. The third kappa shape index (κ3) is 5.56. The zero-order valence-corrected chi connectivity index (χ0v) is 11.5. The van der Waals surface area contributed by atoms with Gasteiger partial charge in [0.1, 0.15) is 0 Å². The van der Waals surface area contributed by atoms with Crippen LogP contribution in [0.4, 0.5) is 0 Å². The van der Waals surface area contributed by atoms with Crippen molar-refractivity contribution in [2.24, 2.45) is 5.73 Å². The molecule has 0 aliphatic carbocycles. The predicted molar refractivity (Wildman–Crippen MR) is 76.6 cm³/mol. The average Bonchev–Trinajstić information content (AvgIpc) is 2.35. The fraction of sp³-hybridized carbons (Fsp3) is 0.600. The van der Waals surface area contributed by atoms with E-state index in [2.05, 4.69) is 19.1 Å². The summed E-state index contributed by atoms with van der Waals surface area (Å²) in [6, 6.07) is 8.12. The standard InChI is InChI=1S/C15H24ClN/c1-2-3-4-5-6-7-14(12-17)13-8-10-15(16)11-9-13/h8-11,14H,2-7,12,17H2,1H3.